The molecule has 0 unspecified atom stereocenters. The van der Waals surface area contributed by atoms with Crippen LogP contribution in [0.4, 0.5) is 18.9 Å². The van der Waals surface area contributed by atoms with Gasteiger partial charge in [0.1, 0.15) is 11.6 Å². The fourth-order valence-corrected chi connectivity index (χ4v) is 4.88. The third-order valence-corrected chi connectivity index (χ3v) is 7.09. The molecule has 0 spiro atoms. The third-order valence-electron chi connectivity index (χ3n) is 5.02. The maximum absolute atomic E-state index is 14.8. The molecular weight excluding hydrogens is 574 g/mol. The highest BCUT2D eigenvalue weighted by Gasteiger charge is 2.35. The van der Waals surface area contributed by atoms with Gasteiger partial charge in [-0.1, -0.05) is 12.6 Å². The Labute approximate surface area is 204 Å². The molecule has 33 heavy (non-hydrogen) atoms. The molecule has 1 aliphatic rings. The lowest BCUT2D eigenvalue weighted by Gasteiger charge is -2.20. The Hall–Kier alpha value is -1.83. The SMILES string of the molecule is C=C(C[C@@H]1COC(C)(C)O1)S(=O)(=O)Nc1c(OC)cc(F)c(F)c1Cc1ccc(I)cc1F. The average Bonchev–Trinajstić information content (AvgIpc) is 3.06. The van der Waals surface area contributed by atoms with E-state index in [-0.39, 0.29) is 34.9 Å². The molecule has 1 heterocycles. The standard InChI is InChI=1S/C22H23F3INO5S/c1-12(7-15-11-31-22(2,3)32-15)33(28,29)27-21-16(20(25)18(24)10-19(21)30-4)8-13-5-6-14(26)9-17(13)23/h5-6,9-10,15,27H,1,7-8,11H2,2-4H3/t15-/m1/s1. The summed E-state index contributed by atoms with van der Waals surface area (Å²) in [5, 5.41) is 0. The highest BCUT2D eigenvalue weighted by molar-refractivity contribution is 14.1. The minimum atomic E-state index is -4.28. The topological polar surface area (TPSA) is 73.9 Å². The van der Waals surface area contributed by atoms with Gasteiger partial charge in [-0.15, -0.1) is 0 Å². The molecule has 6 nitrogen and oxygen atoms in total. The van der Waals surface area contributed by atoms with E-state index >= 15 is 0 Å². The number of halogens is 4. The van der Waals surface area contributed by atoms with Gasteiger partial charge in [-0.2, -0.15) is 0 Å². The van der Waals surface area contributed by atoms with Gasteiger partial charge in [0.2, 0.25) is 0 Å². The normalized spacial score (nSPS) is 17.7. The summed E-state index contributed by atoms with van der Waals surface area (Å²) in [4.78, 5) is -0.244. The number of hydrogen-bond acceptors (Lipinski definition) is 5. The number of anilines is 1. The molecule has 0 radical (unpaired) electrons. The first-order valence-corrected chi connectivity index (χ1v) is 12.4. The molecule has 1 atom stereocenters. The number of hydrogen-bond donors (Lipinski definition) is 1. The molecule has 0 bridgehead atoms. The highest BCUT2D eigenvalue weighted by atomic mass is 127. The van der Waals surface area contributed by atoms with E-state index in [4.69, 9.17) is 14.2 Å². The second kappa shape index (κ2) is 9.80. The Morgan fingerprint density at radius 1 is 1.27 bits per heavy atom. The lowest BCUT2D eigenvalue weighted by molar-refractivity contribution is -0.137. The van der Waals surface area contributed by atoms with Crippen LogP contribution in [0.2, 0.25) is 0 Å². The minimum absolute atomic E-state index is 0.0555. The van der Waals surface area contributed by atoms with Crippen LogP contribution in [0.3, 0.4) is 0 Å². The van der Waals surface area contributed by atoms with Crippen LogP contribution in [0.5, 0.6) is 5.75 Å². The first kappa shape index (κ1) is 25.8. The van der Waals surface area contributed by atoms with E-state index in [0.717, 1.165) is 6.07 Å². The summed E-state index contributed by atoms with van der Waals surface area (Å²) in [5.74, 6) is -4.31. The van der Waals surface area contributed by atoms with Gasteiger partial charge in [-0.05, 0) is 54.1 Å². The molecule has 3 rings (SSSR count). The van der Waals surface area contributed by atoms with Crippen molar-refractivity contribution in [1.29, 1.82) is 0 Å². The molecule has 2 aromatic carbocycles. The summed E-state index contributed by atoms with van der Waals surface area (Å²) in [5.41, 5.74) is -0.677. The fraction of sp³-hybridized carbons (Fsp3) is 0.364. The van der Waals surface area contributed by atoms with Gasteiger partial charge in [0, 0.05) is 28.0 Å². The van der Waals surface area contributed by atoms with Crippen LogP contribution < -0.4 is 9.46 Å². The van der Waals surface area contributed by atoms with Gasteiger partial charge < -0.3 is 14.2 Å². The first-order valence-electron chi connectivity index (χ1n) is 9.84. The average molecular weight is 597 g/mol. The van der Waals surface area contributed by atoms with Crippen molar-refractivity contribution in [3.8, 4) is 5.75 Å². The van der Waals surface area contributed by atoms with Crippen molar-refractivity contribution in [3.63, 3.8) is 0 Å². The van der Waals surface area contributed by atoms with E-state index in [2.05, 4.69) is 11.3 Å². The van der Waals surface area contributed by atoms with E-state index < -0.39 is 51.4 Å². The van der Waals surface area contributed by atoms with Gasteiger partial charge in [0.05, 0.1) is 30.4 Å². The van der Waals surface area contributed by atoms with Gasteiger partial charge >= 0.3 is 0 Å². The number of ether oxygens (including phenoxy) is 3. The molecule has 180 valence electrons. The Bertz CT molecular complexity index is 1190. The largest absolute Gasteiger partial charge is 0.494 e. The summed E-state index contributed by atoms with van der Waals surface area (Å²) in [6.45, 7) is 7.18. The molecule has 0 aromatic heterocycles. The van der Waals surface area contributed by atoms with Gasteiger partial charge in [-0.25, -0.2) is 21.6 Å². The van der Waals surface area contributed by atoms with E-state index in [0.29, 0.717) is 3.57 Å². The molecule has 11 heteroatoms. The van der Waals surface area contributed by atoms with Crippen molar-refractivity contribution in [3.05, 3.63) is 67.9 Å². The van der Waals surface area contributed by atoms with Crippen molar-refractivity contribution in [2.45, 2.75) is 38.6 Å². The van der Waals surface area contributed by atoms with Crippen LogP contribution in [0.1, 0.15) is 31.4 Å². The minimum Gasteiger partial charge on any atom is -0.494 e. The van der Waals surface area contributed by atoms with Crippen LogP contribution in [0.15, 0.2) is 35.7 Å². The predicted molar refractivity (Wildman–Crippen MR) is 126 cm³/mol. The Morgan fingerprint density at radius 3 is 2.55 bits per heavy atom. The van der Waals surface area contributed by atoms with Crippen molar-refractivity contribution < 1.29 is 35.8 Å². The van der Waals surface area contributed by atoms with Crippen LogP contribution in [-0.2, 0) is 25.9 Å². The van der Waals surface area contributed by atoms with Crippen LogP contribution in [0.25, 0.3) is 0 Å². The van der Waals surface area contributed by atoms with Crippen LogP contribution in [0, 0.1) is 21.0 Å². The molecule has 0 aliphatic carbocycles. The molecular formula is C22H23F3INO5S. The highest BCUT2D eigenvalue weighted by Crippen LogP contribution is 2.37. The summed E-state index contributed by atoms with van der Waals surface area (Å²) in [7, 11) is -3.10. The molecule has 1 saturated heterocycles. The van der Waals surface area contributed by atoms with Crippen LogP contribution in [-0.4, -0.2) is 34.0 Å². The van der Waals surface area contributed by atoms with E-state index in [1.54, 1.807) is 19.9 Å². The zero-order valence-corrected chi connectivity index (χ0v) is 21.2. The Kier molecular flexibility index (Phi) is 7.66. The lowest BCUT2D eigenvalue weighted by Crippen LogP contribution is -2.24. The summed E-state index contributed by atoms with van der Waals surface area (Å²) < 4.78 is 88.4. The fourth-order valence-electron chi connectivity index (χ4n) is 3.38. The second-order valence-corrected chi connectivity index (χ2v) is 11.0. The number of nitrogens with one attached hydrogen (secondary N) is 1. The van der Waals surface area contributed by atoms with Gasteiger partial charge in [0.25, 0.3) is 10.0 Å². The molecule has 1 fully saturated rings. The zero-order valence-electron chi connectivity index (χ0n) is 18.2. The Morgan fingerprint density at radius 2 is 1.97 bits per heavy atom. The number of rotatable bonds is 8. The molecule has 1 N–H and O–H groups in total. The maximum Gasteiger partial charge on any atom is 0.257 e. The summed E-state index contributed by atoms with van der Waals surface area (Å²) in [6.07, 6.45) is -1.04. The van der Waals surface area contributed by atoms with Crippen molar-refractivity contribution in [2.24, 2.45) is 0 Å². The van der Waals surface area contributed by atoms with Crippen molar-refractivity contribution >= 4 is 38.3 Å². The quantitative estimate of drug-likeness (QED) is 0.429. The van der Waals surface area contributed by atoms with Crippen LogP contribution >= 0.6 is 22.6 Å². The van der Waals surface area contributed by atoms with Gasteiger partial charge in [-0.3, -0.25) is 4.72 Å². The van der Waals surface area contributed by atoms with Gasteiger partial charge in [0.15, 0.2) is 17.4 Å². The maximum atomic E-state index is 14.8. The molecule has 2 aromatic rings. The molecule has 0 amide bonds. The first-order chi connectivity index (χ1) is 15.3. The van der Waals surface area contributed by atoms with E-state index in [9.17, 15) is 21.6 Å². The summed E-state index contributed by atoms with van der Waals surface area (Å²) in [6, 6.07) is 4.98. The van der Waals surface area contributed by atoms with E-state index in [1.807, 2.05) is 22.6 Å². The molecule has 1 aliphatic heterocycles. The lowest BCUT2D eigenvalue weighted by atomic mass is 10.0. The predicted octanol–water partition coefficient (Wildman–Crippen LogP) is 5.10. The zero-order chi connectivity index (χ0) is 24.6. The van der Waals surface area contributed by atoms with Crippen molar-refractivity contribution in [2.75, 3.05) is 18.4 Å². The monoisotopic (exact) mass is 597 g/mol. The summed E-state index contributed by atoms with van der Waals surface area (Å²) >= 11 is 1.92. The van der Waals surface area contributed by atoms with E-state index in [1.165, 1.54) is 19.2 Å². The molecule has 0 saturated carbocycles. The van der Waals surface area contributed by atoms with Crippen molar-refractivity contribution in [1.82, 2.24) is 0 Å². The number of benzene rings is 2. The Balaban J connectivity index is 1.95. The second-order valence-electron chi connectivity index (χ2n) is 7.94. The number of methoxy groups -OCH3 is 1. The third kappa shape index (κ3) is 6.00. The number of sulfonamides is 1. The smallest absolute Gasteiger partial charge is 0.257 e.